The SMILES string of the molecule is [2H]c1c([2H])c(-c2ccc3c(c2)c2ccccc2n3-c2ccccc2)c([2H])c(N(c2ccc(-c3ccccc3)cc2)c2ccc(-c3ccccc3)c(-c3ccccc3)c2)c1[2H].[2H]c1c([2H])c([2H])c(-c2c([2H])c([2H])c(N(c3ccc(-c4ccccc4)cc3)c3c([2H])c([2H])c([2H])c(-c4ccc5c(c4)c4ccccc4n5-c4ccccc4)c3[2H])c([2H])c2-c2c([2H])c([2H])c([2H])c([2H])c2[2H])c([2H])c1[2H]. The van der Waals surface area contributed by atoms with E-state index in [1.165, 1.54) is 0 Å². The summed E-state index contributed by atoms with van der Waals surface area (Å²) in [5.41, 5.74) is 12.7. The van der Waals surface area contributed by atoms with Crippen LogP contribution in [0.25, 0.3) is 144 Å². The Hall–Kier alpha value is -14.8. The van der Waals surface area contributed by atoms with Crippen LogP contribution in [-0.2, 0) is 0 Å². The Bertz CT molecular complexity index is 7990. The predicted molar refractivity (Wildman–Crippen MR) is 474 cm³/mol. The van der Waals surface area contributed by atoms with Gasteiger partial charge in [0.1, 0.15) is 0 Å². The molecule has 2 heterocycles. The predicted octanol–water partition coefficient (Wildman–Crippen LogP) is 29.8. The highest BCUT2D eigenvalue weighted by molar-refractivity contribution is 6.12. The van der Waals surface area contributed by atoms with Gasteiger partial charge in [-0.1, -0.05) is 327 Å². The van der Waals surface area contributed by atoms with E-state index in [0.717, 1.165) is 110 Å². The molecule has 18 aromatic carbocycles. The largest absolute Gasteiger partial charge is 0.310 e. The zero-order valence-corrected chi connectivity index (χ0v) is 60.0. The van der Waals surface area contributed by atoms with Gasteiger partial charge in [0.25, 0.3) is 0 Å². The van der Waals surface area contributed by atoms with Crippen LogP contribution in [0.5, 0.6) is 0 Å². The molecule has 0 saturated heterocycles. The van der Waals surface area contributed by atoms with Crippen molar-refractivity contribution < 1.29 is 28.8 Å². The molecule has 20 rings (SSSR count). The molecular formula is C108H76N4. The number of hydrogen-bond donors (Lipinski definition) is 0. The van der Waals surface area contributed by atoms with E-state index in [0.29, 0.717) is 22.3 Å². The lowest BCUT2D eigenvalue weighted by Crippen LogP contribution is -2.10. The zero-order chi connectivity index (χ0) is 92.8. The average Bonchev–Trinajstić information content (AvgIpc) is 1.18. The summed E-state index contributed by atoms with van der Waals surface area (Å²) in [6.45, 7) is 0. The van der Waals surface area contributed by atoms with Crippen molar-refractivity contribution in [2.24, 2.45) is 0 Å². The summed E-state index contributed by atoms with van der Waals surface area (Å²) in [4.78, 5) is 3.05. The first-order valence-electron chi connectivity index (χ1n) is 47.2. The molecular weight excluding hydrogens is 1350 g/mol. The van der Waals surface area contributed by atoms with E-state index in [1.54, 1.807) is 36.4 Å². The number of para-hydroxylation sites is 4. The van der Waals surface area contributed by atoms with Crippen LogP contribution in [0.15, 0.2) is 461 Å². The first kappa shape index (κ1) is 48.5. The fourth-order valence-electron chi connectivity index (χ4n) is 14.8. The molecule has 0 unspecified atom stereocenters. The molecule has 0 fully saturated rings. The molecule has 528 valence electrons. The van der Waals surface area contributed by atoms with Gasteiger partial charge in [0.05, 0.1) is 50.9 Å². The third kappa shape index (κ3) is 13.4. The van der Waals surface area contributed by atoms with Crippen molar-refractivity contribution in [2.45, 2.75) is 0 Å². The zero-order valence-electron chi connectivity index (χ0n) is 81.0. The van der Waals surface area contributed by atoms with Gasteiger partial charge in [-0.3, -0.25) is 0 Å². The minimum Gasteiger partial charge on any atom is -0.310 e. The Morgan fingerprint density at radius 3 is 0.991 bits per heavy atom. The number of hydrogen-bond acceptors (Lipinski definition) is 2. The highest BCUT2D eigenvalue weighted by Crippen LogP contribution is 2.46. The summed E-state index contributed by atoms with van der Waals surface area (Å²) in [6.07, 6.45) is 0. The highest BCUT2D eigenvalue weighted by atomic mass is 15.1. The van der Waals surface area contributed by atoms with Gasteiger partial charge in [0, 0.05) is 67.0 Å². The lowest BCUT2D eigenvalue weighted by Gasteiger charge is -2.27. The van der Waals surface area contributed by atoms with Crippen molar-refractivity contribution in [3.63, 3.8) is 0 Å². The summed E-state index contributed by atoms with van der Waals surface area (Å²) in [5, 5.41) is 3.63. The Labute approximate surface area is 683 Å². The van der Waals surface area contributed by atoms with Gasteiger partial charge in [-0.05, 0) is 222 Å². The number of nitrogens with zero attached hydrogens (tertiary/aromatic N) is 4. The molecule has 112 heavy (non-hydrogen) atoms. The first-order valence-corrected chi connectivity index (χ1v) is 36.7. The number of anilines is 6. The molecule has 20 aromatic rings. The number of rotatable bonds is 16. The summed E-state index contributed by atoms with van der Waals surface area (Å²) < 4.78 is 198. The second kappa shape index (κ2) is 30.4. The molecule has 0 aliphatic heterocycles. The molecule has 0 atom stereocenters. The second-order valence-electron chi connectivity index (χ2n) is 26.7. The molecule has 0 spiro atoms. The molecule has 0 bridgehead atoms. The van der Waals surface area contributed by atoms with Gasteiger partial charge >= 0.3 is 0 Å². The van der Waals surface area contributed by atoms with Crippen molar-refractivity contribution in [1.82, 2.24) is 9.13 Å². The monoisotopic (exact) mass is 1450 g/mol. The first-order chi connectivity index (χ1) is 64.3. The third-order valence-corrected chi connectivity index (χ3v) is 20.0. The second-order valence-corrected chi connectivity index (χ2v) is 26.7. The van der Waals surface area contributed by atoms with Crippen LogP contribution < -0.4 is 9.80 Å². The normalized spacial score (nSPS) is 13.8. The van der Waals surface area contributed by atoms with Gasteiger partial charge < -0.3 is 18.9 Å². The summed E-state index contributed by atoms with van der Waals surface area (Å²) in [7, 11) is 0. The van der Waals surface area contributed by atoms with Crippen molar-refractivity contribution in [3.05, 3.63) is 461 Å². The quantitative estimate of drug-likeness (QED) is 0.0959. The third-order valence-electron chi connectivity index (χ3n) is 20.0. The van der Waals surface area contributed by atoms with Gasteiger partial charge in [0.2, 0.25) is 0 Å². The Morgan fingerprint density at radius 1 is 0.179 bits per heavy atom. The van der Waals surface area contributed by atoms with E-state index in [1.807, 2.05) is 217 Å². The molecule has 0 saturated carbocycles. The van der Waals surface area contributed by atoms with Gasteiger partial charge in [-0.2, -0.15) is 0 Å². The standard InChI is InChI=1S/2C54H38N2/c2*1-5-16-39(17-6-1)40-28-31-46(32-29-40)55(48-33-34-49(41-18-7-2-8-19-41)51(38-48)42-20-9-3-10-21-42)47-25-15-22-43(36-47)44-30-35-54-52(37-44)50-26-13-14-27-53(50)56(54)45-23-11-4-12-24-45/h2*1-38H/i2D,3D,7D,8D,9D,10D,15D,18D,19D,20D,21D,22D,25D,33D,34D,36D,38D;15D,22D,25D,36D. The van der Waals surface area contributed by atoms with Crippen LogP contribution >= 0.6 is 0 Å². The Morgan fingerprint density at radius 2 is 0.527 bits per heavy atom. The number of benzene rings is 18. The number of aromatic nitrogens is 2. The minimum absolute atomic E-state index is 0.00711. The topological polar surface area (TPSA) is 16.3 Å². The van der Waals surface area contributed by atoms with Crippen LogP contribution in [0.2, 0.25) is 0 Å². The van der Waals surface area contributed by atoms with Crippen LogP contribution in [0.4, 0.5) is 34.1 Å². The Balaban J connectivity index is 0.000000175. The summed E-state index contributed by atoms with van der Waals surface area (Å²) in [6, 6.07) is 94.4. The summed E-state index contributed by atoms with van der Waals surface area (Å²) >= 11 is 0. The van der Waals surface area contributed by atoms with E-state index in [2.05, 4.69) is 94.1 Å². The molecule has 0 aliphatic rings. The van der Waals surface area contributed by atoms with Gasteiger partial charge in [-0.25, -0.2) is 0 Å². The van der Waals surface area contributed by atoms with Crippen LogP contribution in [-0.4, -0.2) is 9.13 Å². The minimum atomic E-state index is -0.890. The van der Waals surface area contributed by atoms with E-state index < -0.39 is 136 Å². The van der Waals surface area contributed by atoms with E-state index in [4.69, 9.17) is 13.7 Å². The highest BCUT2D eigenvalue weighted by Gasteiger charge is 2.22. The fraction of sp³-hybridized carbons (Fsp3) is 0. The fourth-order valence-corrected chi connectivity index (χ4v) is 14.8. The number of fused-ring (bicyclic) bond motifs is 6. The molecule has 4 heteroatoms. The van der Waals surface area contributed by atoms with Crippen molar-refractivity contribution in [1.29, 1.82) is 0 Å². The lowest BCUT2D eigenvalue weighted by atomic mass is 9.93. The van der Waals surface area contributed by atoms with Gasteiger partial charge in [0.15, 0.2) is 0 Å². The van der Waals surface area contributed by atoms with Crippen molar-refractivity contribution in [3.8, 4) is 100 Å². The smallest absolute Gasteiger partial charge is 0.0652 e. The Kier molecular flexibility index (Phi) is 13.2. The van der Waals surface area contributed by atoms with Gasteiger partial charge in [-0.15, -0.1) is 0 Å². The van der Waals surface area contributed by atoms with Crippen LogP contribution in [0.1, 0.15) is 28.8 Å². The van der Waals surface area contributed by atoms with Crippen molar-refractivity contribution >= 4 is 77.7 Å². The van der Waals surface area contributed by atoms with Crippen LogP contribution in [0, 0.1) is 0 Å². The lowest BCUT2D eigenvalue weighted by molar-refractivity contribution is 1.18. The molecule has 0 N–H and O–H groups in total. The molecule has 2 aromatic heterocycles. The van der Waals surface area contributed by atoms with Crippen LogP contribution in [0.3, 0.4) is 0 Å². The van der Waals surface area contributed by atoms with E-state index in [-0.39, 0.29) is 41.1 Å². The maximum Gasteiger partial charge on any atom is 0.0652 e. The van der Waals surface area contributed by atoms with E-state index in [9.17, 15) is 15.1 Å². The molecule has 4 nitrogen and oxygen atoms in total. The molecule has 0 radical (unpaired) electrons. The maximum absolute atomic E-state index is 10.1. The molecule has 0 amide bonds. The average molecular weight is 1450 g/mol. The maximum atomic E-state index is 10.1. The van der Waals surface area contributed by atoms with Crippen molar-refractivity contribution in [2.75, 3.05) is 9.80 Å². The van der Waals surface area contributed by atoms with E-state index >= 15 is 0 Å². The molecule has 0 aliphatic carbocycles. The summed E-state index contributed by atoms with van der Waals surface area (Å²) in [5.74, 6) is 0.